The van der Waals surface area contributed by atoms with Crippen LogP contribution in [-0.2, 0) is 0 Å². The van der Waals surface area contributed by atoms with E-state index in [2.05, 4.69) is 26.0 Å². The van der Waals surface area contributed by atoms with Crippen LogP contribution >= 0.6 is 11.6 Å². The summed E-state index contributed by atoms with van der Waals surface area (Å²) < 4.78 is 126. The van der Waals surface area contributed by atoms with Gasteiger partial charge >= 0.3 is 218 Å². The molecule has 6 nitrogen and oxygen atoms in total. The second-order valence-corrected chi connectivity index (χ2v) is 16.6. The van der Waals surface area contributed by atoms with Gasteiger partial charge in [-0.05, 0) is 0 Å². The third-order valence-corrected chi connectivity index (χ3v) is 13.7. The molecule has 0 saturated carbocycles. The molecule has 4 aromatic carbocycles. The molecule has 0 saturated heterocycles. The summed E-state index contributed by atoms with van der Waals surface area (Å²) in [5.41, 5.74) is -1.62. The van der Waals surface area contributed by atoms with Gasteiger partial charge in [0.15, 0.2) is 23.3 Å². The molecular formula is C32H14BClF8N4O2Te2. The molecule has 8 aromatic rings. The largest absolute Gasteiger partial charge is 0.233 e. The Bertz CT molecular complexity index is 2620. The van der Waals surface area contributed by atoms with Gasteiger partial charge in [-0.15, -0.1) is 0 Å². The summed E-state index contributed by atoms with van der Waals surface area (Å²) in [6, 6.07) is 19.2. The molecule has 8 rings (SSSR count). The Morgan fingerprint density at radius 3 is 1.62 bits per heavy atom. The number of fused-ring (bicyclic) bond motifs is 4. The first-order valence-electron chi connectivity index (χ1n) is 14.7. The van der Waals surface area contributed by atoms with Gasteiger partial charge in [-0.25, -0.2) is 27.5 Å². The number of hydrogen-bond donors (Lipinski definition) is 2. The molecule has 0 amide bonds. The molecule has 50 heavy (non-hydrogen) atoms. The Labute approximate surface area is 302 Å². The van der Waals surface area contributed by atoms with Crippen LogP contribution in [0.5, 0.6) is 0 Å². The second-order valence-electron chi connectivity index (χ2n) is 9.95. The van der Waals surface area contributed by atoms with Gasteiger partial charge in [0, 0.05) is 0 Å². The summed E-state index contributed by atoms with van der Waals surface area (Å²) in [5, 5.41) is 18.0. The first kappa shape index (κ1) is 33.5. The quantitative estimate of drug-likeness (QED) is 0.0679. The van der Waals surface area contributed by atoms with Gasteiger partial charge in [0.05, 0.1) is 5.39 Å². The van der Waals surface area contributed by atoms with Crippen molar-refractivity contribution in [1.29, 1.82) is 0 Å². The molecule has 0 radical (unpaired) electrons. The minimum absolute atomic E-state index is 0.0427. The average molecular weight is 942 g/mol. The van der Waals surface area contributed by atoms with Crippen molar-refractivity contribution in [3.05, 3.63) is 125 Å². The van der Waals surface area contributed by atoms with Gasteiger partial charge < -0.3 is 0 Å². The monoisotopic (exact) mass is 946 g/mol. The third-order valence-electron chi connectivity index (χ3n) is 6.92. The summed E-state index contributed by atoms with van der Waals surface area (Å²) in [5.74, 6) is -14.4. The van der Waals surface area contributed by atoms with Gasteiger partial charge in [-0.2, -0.15) is 0 Å². The second kappa shape index (κ2) is 14.9. The fraction of sp³-hybridized carbons (Fsp3) is 0. The third kappa shape index (κ3) is 6.84. The molecule has 0 unspecified atom stereocenters. The molecule has 0 aliphatic heterocycles. The molecule has 0 spiro atoms. The fourth-order valence-corrected chi connectivity index (χ4v) is 10.5. The molecule has 252 valence electrons. The van der Waals surface area contributed by atoms with Crippen LogP contribution in [0.25, 0.3) is 48.7 Å². The number of halogens is 9. The topological polar surface area (TPSA) is 92.0 Å². The van der Waals surface area contributed by atoms with E-state index in [0.717, 1.165) is 17.7 Å². The molecule has 0 aliphatic rings. The van der Waals surface area contributed by atoms with Crippen molar-refractivity contribution in [1.82, 2.24) is 19.9 Å². The molecular weight excluding hydrogens is 926 g/mol. The van der Waals surface area contributed by atoms with Crippen LogP contribution in [0.2, 0.25) is 5.15 Å². The van der Waals surface area contributed by atoms with E-state index >= 15 is 0 Å². The van der Waals surface area contributed by atoms with Crippen molar-refractivity contribution >= 4 is 102 Å². The summed E-state index contributed by atoms with van der Waals surface area (Å²) in [6.45, 7) is 0. The molecule has 0 atom stereocenters. The van der Waals surface area contributed by atoms with Crippen molar-refractivity contribution in [2.75, 3.05) is 0 Å². The Morgan fingerprint density at radius 2 is 1.06 bits per heavy atom. The SMILES string of the molecule is OB(O)c1cc2ccccc2[te]1.[2H]c1nc(-c2cc3ccccc3[te]2)c2c(F)c(F)c(F)c(F)c2n1.[2H]c1nc(Cl)c2c(F)c(F)c(F)c(F)c2n1. The van der Waals surface area contributed by atoms with E-state index in [0.29, 0.717) is 3.58 Å². The van der Waals surface area contributed by atoms with Gasteiger partial charge in [-0.3, -0.25) is 0 Å². The minimum Gasteiger partial charge on any atom is -0.233 e. The minimum atomic E-state index is -2.00. The smallest absolute Gasteiger partial charge is 0.199 e. The van der Waals surface area contributed by atoms with Crippen molar-refractivity contribution in [2.24, 2.45) is 0 Å². The van der Waals surface area contributed by atoms with Crippen LogP contribution in [0, 0.1) is 46.5 Å². The van der Waals surface area contributed by atoms with Crippen molar-refractivity contribution in [3.63, 3.8) is 0 Å². The van der Waals surface area contributed by atoms with E-state index in [1.165, 1.54) is 3.40 Å². The van der Waals surface area contributed by atoms with Crippen molar-refractivity contribution in [3.8, 4) is 9.27 Å². The fourth-order valence-electron chi connectivity index (χ4n) is 4.62. The summed E-state index contributed by atoms with van der Waals surface area (Å²) in [4.78, 5) is 13.7. The first-order chi connectivity index (χ1) is 24.7. The maximum Gasteiger partial charge on any atom is 0.199 e. The number of aromatic nitrogens is 4. The Morgan fingerprint density at radius 1 is 0.580 bits per heavy atom. The summed E-state index contributed by atoms with van der Waals surface area (Å²) in [7, 11) is -1.25. The molecule has 0 bridgehead atoms. The van der Waals surface area contributed by atoms with Crippen LogP contribution < -0.4 is 3.48 Å². The van der Waals surface area contributed by atoms with Crippen molar-refractivity contribution in [2.45, 2.75) is 0 Å². The van der Waals surface area contributed by atoms with E-state index < -0.39 is 134 Å². The molecule has 0 aliphatic carbocycles. The Hall–Kier alpha value is -3.67. The number of rotatable bonds is 2. The molecule has 18 heteroatoms. The van der Waals surface area contributed by atoms with Gasteiger partial charge in [0.2, 0.25) is 0 Å². The van der Waals surface area contributed by atoms with Gasteiger partial charge in [-0.1, -0.05) is 11.6 Å². The average Bonchev–Trinajstić information content (AvgIpc) is 3.76. The molecule has 4 aromatic heterocycles. The van der Waals surface area contributed by atoms with E-state index in [-0.39, 0.29) is 5.69 Å². The van der Waals surface area contributed by atoms with E-state index in [9.17, 15) is 35.1 Å². The standard InChI is InChI=1S/C16H6F4N2Te.C8H7BO2Te.C8HClF4N2/c17-11-10-15(9-5-7-3-1-2-4-8(7)23-9)21-6-22-16(10)14(20)13(19)12(11)18;10-9(11)8-5-6-3-1-2-4-7(6)12-8;9-8-2-3(10)4(11)5(12)6(13)7(2)14-1-15-8/h1-6H;1-5,10-11H;1H/i6D;;1D. The van der Waals surface area contributed by atoms with Crippen LogP contribution in [-0.4, -0.2) is 78.0 Å². The summed E-state index contributed by atoms with van der Waals surface area (Å²) >= 11 is 3.92. The van der Waals surface area contributed by atoms with Crippen molar-refractivity contribution < 1.29 is 47.9 Å². The maximum absolute atomic E-state index is 14.3. The van der Waals surface area contributed by atoms with E-state index in [1.54, 1.807) is 6.07 Å². The summed E-state index contributed by atoms with van der Waals surface area (Å²) in [6.07, 6.45) is -1.30. The zero-order valence-corrected chi connectivity index (χ0v) is 29.7. The normalized spacial score (nSPS) is 11.7. The number of nitrogens with zero attached hydrogens (tertiary/aromatic N) is 4. The zero-order valence-electron chi connectivity index (χ0n) is 26.3. The van der Waals surface area contributed by atoms with Crippen LogP contribution in [0.1, 0.15) is 2.74 Å². The Balaban J connectivity index is 0.000000143. The molecule has 0 fully saturated rings. The van der Waals surface area contributed by atoms with Gasteiger partial charge in [0.25, 0.3) is 0 Å². The number of benzene rings is 4. The van der Waals surface area contributed by atoms with E-state index in [1.807, 2.05) is 48.5 Å². The predicted octanol–water partition coefficient (Wildman–Crippen LogP) is 6.48. The maximum atomic E-state index is 14.3. The van der Waals surface area contributed by atoms with E-state index in [4.69, 9.17) is 24.4 Å². The zero-order chi connectivity index (χ0) is 37.6. The first-order valence-corrected chi connectivity index (χ1v) is 18.7. The molecule has 4 heterocycles. The van der Waals surface area contributed by atoms with Crippen LogP contribution in [0.4, 0.5) is 35.1 Å². The Kier molecular flexibility index (Phi) is 9.98. The van der Waals surface area contributed by atoms with Gasteiger partial charge in [0.1, 0.15) is 18.3 Å². The number of hydrogen-bond acceptors (Lipinski definition) is 6. The van der Waals surface area contributed by atoms with Crippen LogP contribution in [0.15, 0.2) is 73.3 Å². The van der Waals surface area contributed by atoms with Crippen LogP contribution in [0.3, 0.4) is 0 Å². The predicted molar refractivity (Wildman–Crippen MR) is 174 cm³/mol. The molecule has 2 N–H and O–H groups in total.